The second-order valence-electron chi connectivity index (χ2n) is 3.93. The van der Waals surface area contributed by atoms with Crippen molar-refractivity contribution in [2.24, 2.45) is 0 Å². The molecule has 0 aliphatic carbocycles. The average Bonchev–Trinajstić information content (AvgIpc) is 2.86. The standard InChI is InChI=1S/C12H12ClNO5/c1-14(5-10(15)17-2)12(16)7-3-8(13)11-9(4-7)18-6-19-11/h3-4H,5-6H2,1-2H3. The lowest BCUT2D eigenvalue weighted by atomic mass is 10.1. The van der Waals surface area contributed by atoms with Crippen molar-refractivity contribution in [3.8, 4) is 11.5 Å². The maximum atomic E-state index is 12.1. The molecule has 1 heterocycles. The third kappa shape index (κ3) is 2.73. The third-order valence-electron chi connectivity index (χ3n) is 2.61. The first-order chi connectivity index (χ1) is 9.02. The zero-order valence-electron chi connectivity index (χ0n) is 10.4. The molecule has 0 bridgehead atoms. The predicted octanol–water partition coefficient (Wildman–Crippen LogP) is 1.31. The molecule has 7 heteroatoms. The summed E-state index contributed by atoms with van der Waals surface area (Å²) in [6, 6.07) is 3.01. The van der Waals surface area contributed by atoms with Gasteiger partial charge in [-0.05, 0) is 12.1 Å². The number of hydrogen-bond donors (Lipinski definition) is 0. The number of fused-ring (bicyclic) bond motifs is 1. The number of halogens is 1. The molecule has 0 saturated heterocycles. The Bertz CT molecular complexity index is 531. The fraction of sp³-hybridized carbons (Fsp3) is 0.333. The van der Waals surface area contributed by atoms with E-state index in [4.69, 9.17) is 21.1 Å². The molecule has 1 aromatic carbocycles. The van der Waals surface area contributed by atoms with Gasteiger partial charge in [0.1, 0.15) is 6.54 Å². The zero-order chi connectivity index (χ0) is 14.0. The topological polar surface area (TPSA) is 65.1 Å². The number of carbonyl (C=O) groups is 2. The van der Waals surface area contributed by atoms with Gasteiger partial charge in [0.05, 0.1) is 12.1 Å². The van der Waals surface area contributed by atoms with Gasteiger partial charge in [-0.15, -0.1) is 0 Å². The molecule has 0 fully saturated rings. The Morgan fingerprint density at radius 1 is 1.42 bits per heavy atom. The number of hydrogen-bond acceptors (Lipinski definition) is 5. The molecule has 0 radical (unpaired) electrons. The Kier molecular flexibility index (Phi) is 3.80. The van der Waals surface area contributed by atoms with Gasteiger partial charge in [0.15, 0.2) is 11.5 Å². The Morgan fingerprint density at radius 3 is 2.84 bits per heavy atom. The molecule has 0 saturated carbocycles. The number of rotatable bonds is 3. The van der Waals surface area contributed by atoms with Crippen molar-refractivity contribution in [1.82, 2.24) is 4.90 Å². The van der Waals surface area contributed by atoms with Gasteiger partial charge in [-0.1, -0.05) is 11.6 Å². The summed E-state index contributed by atoms with van der Waals surface area (Å²) in [5, 5.41) is 0.296. The van der Waals surface area contributed by atoms with E-state index in [-0.39, 0.29) is 19.2 Å². The van der Waals surface area contributed by atoms with Gasteiger partial charge in [-0.2, -0.15) is 0 Å². The van der Waals surface area contributed by atoms with E-state index in [1.807, 2.05) is 0 Å². The number of likely N-dealkylation sites (N-methyl/N-ethyl adjacent to an activating group) is 1. The number of benzene rings is 1. The quantitative estimate of drug-likeness (QED) is 0.784. The number of esters is 1. The molecule has 1 aliphatic heterocycles. The minimum Gasteiger partial charge on any atom is -0.468 e. The van der Waals surface area contributed by atoms with E-state index in [0.29, 0.717) is 22.1 Å². The summed E-state index contributed by atoms with van der Waals surface area (Å²) in [6.07, 6.45) is 0. The molecule has 0 N–H and O–H groups in total. The van der Waals surface area contributed by atoms with Crippen molar-refractivity contribution >= 4 is 23.5 Å². The Morgan fingerprint density at radius 2 is 2.16 bits per heavy atom. The number of methoxy groups -OCH3 is 1. The van der Waals surface area contributed by atoms with Crippen LogP contribution in [0.2, 0.25) is 5.02 Å². The zero-order valence-corrected chi connectivity index (χ0v) is 11.2. The molecule has 6 nitrogen and oxygen atoms in total. The van der Waals surface area contributed by atoms with Crippen LogP contribution < -0.4 is 9.47 Å². The summed E-state index contributed by atoms with van der Waals surface area (Å²) in [5.41, 5.74) is 0.320. The summed E-state index contributed by atoms with van der Waals surface area (Å²) < 4.78 is 14.8. The molecule has 102 valence electrons. The highest BCUT2D eigenvalue weighted by Crippen LogP contribution is 2.39. The van der Waals surface area contributed by atoms with E-state index in [9.17, 15) is 9.59 Å². The van der Waals surface area contributed by atoms with E-state index in [1.165, 1.54) is 31.2 Å². The fourth-order valence-corrected chi connectivity index (χ4v) is 1.91. The van der Waals surface area contributed by atoms with E-state index in [0.717, 1.165) is 0 Å². The molecule has 1 amide bonds. The molecular weight excluding hydrogens is 274 g/mol. The van der Waals surface area contributed by atoms with Crippen molar-refractivity contribution in [3.63, 3.8) is 0 Å². The highest BCUT2D eigenvalue weighted by Gasteiger charge is 2.22. The second kappa shape index (κ2) is 5.36. The molecule has 1 aliphatic rings. The molecule has 0 spiro atoms. The van der Waals surface area contributed by atoms with Crippen LogP contribution >= 0.6 is 11.6 Å². The molecule has 0 aromatic heterocycles. The van der Waals surface area contributed by atoms with E-state index in [1.54, 1.807) is 0 Å². The lowest BCUT2D eigenvalue weighted by molar-refractivity contribution is -0.141. The smallest absolute Gasteiger partial charge is 0.325 e. The fourth-order valence-electron chi connectivity index (χ4n) is 1.64. The lowest BCUT2D eigenvalue weighted by Crippen LogP contribution is -2.32. The Labute approximate surface area is 114 Å². The van der Waals surface area contributed by atoms with Crippen LogP contribution in [0.5, 0.6) is 11.5 Å². The van der Waals surface area contributed by atoms with Crippen molar-refractivity contribution in [3.05, 3.63) is 22.7 Å². The Hall–Kier alpha value is -1.95. The van der Waals surface area contributed by atoms with Crippen LogP contribution in [0.3, 0.4) is 0 Å². The van der Waals surface area contributed by atoms with Gasteiger partial charge in [-0.3, -0.25) is 9.59 Å². The van der Waals surface area contributed by atoms with Crippen molar-refractivity contribution < 1.29 is 23.8 Å². The van der Waals surface area contributed by atoms with E-state index < -0.39 is 5.97 Å². The highest BCUT2D eigenvalue weighted by atomic mass is 35.5. The minimum absolute atomic E-state index is 0.0741. The molecule has 0 unspecified atom stereocenters. The normalized spacial score (nSPS) is 12.2. The van der Waals surface area contributed by atoms with Crippen LogP contribution in [-0.4, -0.2) is 44.3 Å². The predicted molar refractivity (Wildman–Crippen MR) is 66.6 cm³/mol. The van der Waals surface area contributed by atoms with Gasteiger partial charge in [0.2, 0.25) is 6.79 Å². The number of nitrogens with zero attached hydrogens (tertiary/aromatic N) is 1. The largest absolute Gasteiger partial charge is 0.468 e. The highest BCUT2D eigenvalue weighted by molar-refractivity contribution is 6.32. The van der Waals surface area contributed by atoms with Crippen molar-refractivity contribution in [1.29, 1.82) is 0 Å². The summed E-state index contributed by atoms with van der Waals surface area (Å²) in [7, 11) is 2.76. The summed E-state index contributed by atoms with van der Waals surface area (Å²) in [4.78, 5) is 24.5. The van der Waals surface area contributed by atoms with Gasteiger partial charge in [0, 0.05) is 12.6 Å². The third-order valence-corrected chi connectivity index (χ3v) is 2.90. The maximum Gasteiger partial charge on any atom is 0.325 e. The SMILES string of the molecule is COC(=O)CN(C)C(=O)c1cc(Cl)c2c(c1)OCO2. The first-order valence-corrected chi connectivity index (χ1v) is 5.82. The van der Waals surface area contributed by atoms with Gasteiger partial charge < -0.3 is 19.1 Å². The van der Waals surface area contributed by atoms with Crippen LogP contribution in [-0.2, 0) is 9.53 Å². The maximum absolute atomic E-state index is 12.1. The van der Waals surface area contributed by atoms with Gasteiger partial charge in [0.25, 0.3) is 5.91 Å². The van der Waals surface area contributed by atoms with Crippen LogP contribution in [0.4, 0.5) is 0 Å². The second-order valence-corrected chi connectivity index (χ2v) is 4.34. The first kappa shape index (κ1) is 13.5. The number of carbonyl (C=O) groups excluding carboxylic acids is 2. The van der Waals surface area contributed by atoms with Crippen molar-refractivity contribution in [2.75, 3.05) is 27.5 Å². The summed E-state index contributed by atoms with van der Waals surface area (Å²) >= 11 is 5.99. The van der Waals surface area contributed by atoms with Gasteiger partial charge in [-0.25, -0.2) is 0 Å². The summed E-state index contributed by atoms with van der Waals surface area (Å²) in [5.74, 6) is -0.00977. The van der Waals surface area contributed by atoms with E-state index in [2.05, 4.69) is 4.74 Å². The van der Waals surface area contributed by atoms with E-state index >= 15 is 0 Å². The lowest BCUT2D eigenvalue weighted by Gasteiger charge is -2.16. The van der Waals surface area contributed by atoms with Crippen LogP contribution in [0.1, 0.15) is 10.4 Å². The minimum atomic E-state index is -0.498. The van der Waals surface area contributed by atoms with Crippen molar-refractivity contribution in [2.45, 2.75) is 0 Å². The molecule has 2 rings (SSSR count). The molecule has 19 heavy (non-hydrogen) atoms. The monoisotopic (exact) mass is 285 g/mol. The summed E-state index contributed by atoms with van der Waals surface area (Å²) in [6.45, 7) is -0.0634. The average molecular weight is 286 g/mol. The molecule has 0 atom stereocenters. The molecular formula is C12H12ClNO5. The molecule has 1 aromatic rings. The number of amides is 1. The Balaban J connectivity index is 2.20. The first-order valence-electron chi connectivity index (χ1n) is 5.44. The van der Waals surface area contributed by atoms with Gasteiger partial charge >= 0.3 is 5.97 Å². The number of ether oxygens (including phenoxy) is 3. The van der Waals surface area contributed by atoms with Crippen LogP contribution in [0, 0.1) is 0 Å². The van der Waals surface area contributed by atoms with Crippen LogP contribution in [0.15, 0.2) is 12.1 Å². The van der Waals surface area contributed by atoms with Crippen LogP contribution in [0.25, 0.3) is 0 Å².